The van der Waals surface area contributed by atoms with E-state index in [2.05, 4.69) is 34.8 Å². The zero-order valence-electron chi connectivity index (χ0n) is 22.8. The van der Waals surface area contributed by atoms with Crippen molar-refractivity contribution in [3.05, 3.63) is 57.8 Å². The number of benzene rings is 1. The lowest BCUT2D eigenvalue weighted by Crippen LogP contribution is -2.61. The number of nitrogens with one attached hydrogen (secondary N) is 3. The second kappa shape index (κ2) is 10.2. The lowest BCUT2D eigenvalue weighted by atomic mass is 9.53. The third kappa shape index (κ3) is 4.43. The number of nitrogens with zero attached hydrogens (tertiary/aromatic N) is 1. The fraction of sp³-hybridized carbons (Fsp3) is 0.567. The van der Waals surface area contributed by atoms with Gasteiger partial charge < -0.3 is 20.5 Å². The molecule has 214 valence electrons. The van der Waals surface area contributed by atoms with Gasteiger partial charge in [-0.15, -0.1) is 0 Å². The molecule has 2 saturated heterocycles. The molecule has 1 aromatic heterocycles. The van der Waals surface area contributed by atoms with Crippen LogP contribution in [0.1, 0.15) is 69.4 Å². The third-order valence-electron chi connectivity index (χ3n) is 9.77. The molecule has 3 aliphatic heterocycles. The molecule has 4 N–H and O–H groups in total. The first-order chi connectivity index (χ1) is 19.1. The van der Waals surface area contributed by atoms with E-state index in [-0.39, 0.29) is 36.0 Å². The molecule has 1 aliphatic carbocycles. The number of halogens is 2. The van der Waals surface area contributed by atoms with E-state index in [9.17, 15) is 14.7 Å². The zero-order valence-corrected chi connectivity index (χ0v) is 24.3. The number of anilines is 1. The van der Waals surface area contributed by atoms with Gasteiger partial charge in [-0.05, 0) is 79.3 Å². The van der Waals surface area contributed by atoms with Gasteiger partial charge in [-0.2, -0.15) is 0 Å². The summed E-state index contributed by atoms with van der Waals surface area (Å²) in [6, 6.07) is 8.32. The van der Waals surface area contributed by atoms with Gasteiger partial charge in [0, 0.05) is 28.4 Å². The minimum absolute atomic E-state index is 0.0321. The molecule has 2 spiro atoms. The van der Waals surface area contributed by atoms with Gasteiger partial charge in [0.2, 0.25) is 11.8 Å². The summed E-state index contributed by atoms with van der Waals surface area (Å²) >= 11 is 12.8. The summed E-state index contributed by atoms with van der Waals surface area (Å²) in [4.78, 5) is 32.9. The first kappa shape index (κ1) is 27.9. The maximum atomic E-state index is 14.5. The van der Waals surface area contributed by atoms with Gasteiger partial charge in [-0.25, -0.2) is 4.98 Å². The van der Waals surface area contributed by atoms with Gasteiger partial charge in [0.1, 0.15) is 10.6 Å². The molecule has 0 bridgehead atoms. The van der Waals surface area contributed by atoms with Gasteiger partial charge in [0.15, 0.2) is 0 Å². The van der Waals surface area contributed by atoms with E-state index in [1.807, 2.05) is 18.2 Å². The number of carbonyl (C=O) groups excluding carboxylic acids is 2. The number of pyridine rings is 1. The van der Waals surface area contributed by atoms with Crippen LogP contribution in [0.4, 0.5) is 5.69 Å². The van der Waals surface area contributed by atoms with E-state index < -0.39 is 22.9 Å². The molecule has 4 heterocycles. The molecule has 3 fully saturated rings. The number of aromatic nitrogens is 1. The fourth-order valence-electron chi connectivity index (χ4n) is 7.65. The molecule has 0 radical (unpaired) electrons. The number of aliphatic hydroxyl groups excluding tert-OH is 1. The lowest BCUT2D eigenvalue weighted by molar-refractivity contribution is -0.126. The Hall–Kier alpha value is -2.23. The molecular weight excluding hydrogens is 551 g/mol. The molecule has 2 aromatic rings. The Morgan fingerprint density at radius 2 is 1.93 bits per heavy atom. The molecule has 10 heteroatoms. The standard InChI is InChI=1S/C30H36Cl2N4O4/c1-28(2)8-10-29(11-9-28)30(21-6-3-18(31)14-22(21)35-27(30)39)24(17-7-12-33-23(32)13-17)25(36-29)26(38)34-19-4-5-20(15-37)40-16-19/h3,6-7,12-14,19-20,24-25,36-37H,4-5,8-11,15-16H2,1-2H3,(H,34,38)(H,35,39)/t19-,20+,24+,25-,30-/m1/s1. The number of rotatable bonds is 4. The Balaban J connectivity index is 1.48. The highest BCUT2D eigenvalue weighted by atomic mass is 35.5. The molecule has 5 atom stereocenters. The van der Waals surface area contributed by atoms with E-state index in [0.29, 0.717) is 35.3 Å². The van der Waals surface area contributed by atoms with Crippen molar-refractivity contribution in [2.24, 2.45) is 5.41 Å². The normalized spacial score (nSPS) is 32.2. The van der Waals surface area contributed by atoms with E-state index in [1.54, 1.807) is 18.3 Å². The highest BCUT2D eigenvalue weighted by Gasteiger charge is 2.72. The zero-order chi connectivity index (χ0) is 28.3. The molecule has 6 rings (SSSR count). The SMILES string of the molecule is CC1(C)CCC2(CC1)N[C@@H](C(=O)N[C@@H]1CC[C@@H](CO)OC1)[C@H](c1ccnc(Cl)c1)[C@]21C(=O)Nc2cc(Cl)ccc21. The van der Waals surface area contributed by atoms with E-state index in [0.717, 1.165) is 36.8 Å². The van der Waals surface area contributed by atoms with Crippen LogP contribution in [0.15, 0.2) is 36.5 Å². The molecule has 1 saturated carbocycles. The molecule has 4 aliphatic rings. The van der Waals surface area contributed by atoms with Crippen molar-refractivity contribution in [3.63, 3.8) is 0 Å². The highest BCUT2D eigenvalue weighted by molar-refractivity contribution is 6.31. The monoisotopic (exact) mass is 586 g/mol. The van der Waals surface area contributed by atoms with Crippen molar-refractivity contribution in [2.75, 3.05) is 18.5 Å². The third-order valence-corrected chi connectivity index (χ3v) is 10.2. The van der Waals surface area contributed by atoms with Crippen molar-refractivity contribution >= 4 is 40.7 Å². The second-order valence-corrected chi connectivity index (χ2v) is 13.5. The van der Waals surface area contributed by atoms with Gasteiger partial charge in [-0.3, -0.25) is 14.9 Å². The minimum Gasteiger partial charge on any atom is -0.394 e. The first-order valence-electron chi connectivity index (χ1n) is 14.1. The first-order valence-corrected chi connectivity index (χ1v) is 14.9. The van der Waals surface area contributed by atoms with Crippen LogP contribution in [0.25, 0.3) is 0 Å². The lowest BCUT2D eigenvalue weighted by Gasteiger charge is -2.50. The van der Waals surface area contributed by atoms with Crippen molar-refractivity contribution in [1.82, 2.24) is 15.6 Å². The van der Waals surface area contributed by atoms with Gasteiger partial charge >= 0.3 is 0 Å². The molecule has 2 amide bonds. The largest absolute Gasteiger partial charge is 0.394 e. The Labute approximate surface area is 244 Å². The maximum Gasteiger partial charge on any atom is 0.238 e. The Morgan fingerprint density at radius 1 is 1.15 bits per heavy atom. The quantitative estimate of drug-likeness (QED) is 0.397. The average Bonchev–Trinajstić information content (AvgIpc) is 3.39. The van der Waals surface area contributed by atoms with E-state index in [1.165, 1.54) is 0 Å². The Bertz CT molecular complexity index is 1320. The number of hydrogen-bond donors (Lipinski definition) is 4. The predicted octanol–water partition coefficient (Wildman–Crippen LogP) is 4.33. The van der Waals surface area contributed by atoms with Crippen LogP contribution in [0.3, 0.4) is 0 Å². The number of fused-ring (bicyclic) bond motifs is 3. The van der Waals surface area contributed by atoms with Gasteiger partial charge in [0.05, 0.1) is 31.4 Å². The predicted molar refractivity (Wildman–Crippen MR) is 154 cm³/mol. The van der Waals surface area contributed by atoms with Crippen molar-refractivity contribution in [1.29, 1.82) is 0 Å². The molecule has 8 nitrogen and oxygen atoms in total. The molecule has 1 aromatic carbocycles. The summed E-state index contributed by atoms with van der Waals surface area (Å²) in [5.74, 6) is -0.853. The second-order valence-electron chi connectivity index (χ2n) is 12.6. The average molecular weight is 588 g/mol. The van der Waals surface area contributed by atoms with Crippen LogP contribution >= 0.6 is 23.2 Å². The van der Waals surface area contributed by atoms with Crippen LogP contribution in [0.5, 0.6) is 0 Å². The minimum atomic E-state index is -1.07. The number of amides is 2. The van der Waals surface area contributed by atoms with Crippen LogP contribution in [0.2, 0.25) is 10.2 Å². The van der Waals surface area contributed by atoms with Crippen molar-refractivity contribution in [3.8, 4) is 0 Å². The topological polar surface area (TPSA) is 113 Å². The molecule has 40 heavy (non-hydrogen) atoms. The van der Waals surface area contributed by atoms with Crippen LogP contribution in [-0.4, -0.2) is 58.8 Å². The number of aliphatic hydroxyl groups is 1. The van der Waals surface area contributed by atoms with Crippen LogP contribution < -0.4 is 16.0 Å². The van der Waals surface area contributed by atoms with E-state index in [4.69, 9.17) is 27.9 Å². The number of carbonyl (C=O) groups is 2. The van der Waals surface area contributed by atoms with E-state index >= 15 is 0 Å². The molecular formula is C30H36Cl2N4O4. The smallest absolute Gasteiger partial charge is 0.238 e. The number of hydrogen-bond acceptors (Lipinski definition) is 6. The van der Waals surface area contributed by atoms with Crippen molar-refractivity contribution < 1.29 is 19.4 Å². The molecule has 0 unspecified atom stereocenters. The fourth-order valence-corrected chi connectivity index (χ4v) is 8.01. The van der Waals surface area contributed by atoms with Gasteiger partial charge in [-0.1, -0.05) is 43.1 Å². The number of ether oxygens (including phenoxy) is 1. The van der Waals surface area contributed by atoms with Crippen molar-refractivity contribution in [2.45, 2.75) is 87.4 Å². The Kier molecular flexibility index (Phi) is 7.15. The summed E-state index contributed by atoms with van der Waals surface area (Å²) in [5.41, 5.74) is 0.720. The summed E-state index contributed by atoms with van der Waals surface area (Å²) in [7, 11) is 0. The highest BCUT2D eigenvalue weighted by Crippen LogP contribution is 2.63. The van der Waals surface area contributed by atoms with Gasteiger partial charge in [0.25, 0.3) is 0 Å². The summed E-state index contributed by atoms with van der Waals surface area (Å²) < 4.78 is 5.74. The van der Waals surface area contributed by atoms with Crippen LogP contribution in [0, 0.1) is 5.41 Å². The summed E-state index contributed by atoms with van der Waals surface area (Å²) in [6.07, 6.45) is 6.11. The maximum absolute atomic E-state index is 14.5. The van der Waals surface area contributed by atoms with Crippen LogP contribution in [-0.2, 0) is 19.7 Å². The Morgan fingerprint density at radius 3 is 2.60 bits per heavy atom. The summed E-state index contributed by atoms with van der Waals surface area (Å²) in [5, 5.41) is 20.4. The summed E-state index contributed by atoms with van der Waals surface area (Å²) in [6.45, 7) is 4.82.